The van der Waals surface area contributed by atoms with Gasteiger partial charge in [0, 0.05) is 26.4 Å². The Morgan fingerprint density at radius 3 is 1.61 bits per heavy atom. The molecule has 2 aromatic rings. The number of carbonyl (C=O) groups excluding carboxylic acids is 2. The molecule has 0 aliphatic heterocycles. The zero-order valence-corrected chi connectivity index (χ0v) is 27.3. The fourth-order valence-corrected chi connectivity index (χ4v) is 4.25. The maximum atomic E-state index is 12.2. The van der Waals surface area contributed by atoms with E-state index in [1.165, 1.54) is 13.3 Å². The highest BCUT2D eigenvalue weighted by molar-refractivity contribution is 7.84. The molecule has 0 saturated heterocycles. The number of ether oxygens (including phenoxy) is 2. The van der Waals surface area contributed by atoms with E-state index in [4.69, 9.17) is 30.8 Å². The highest BCUT2D eigenvalue weighted by atomic mass is 35.7. The van der Waals surface area contributed by atoms with Crippen molar-refractivity contribution in [3.8, 4) is 0 Å². The van der Waals surface area contributed by atoms with E-state index in [1.807, 2.05) is 60.7 Å². The van der Waals surface area contributed by atoms with Crippen LogP contribution in [0.1, 0.15) is 38.8 Å². The molecule has 10 nitrogen and oxygen atoms in total. The van der Waals surface area contributed by atoms with Gasteiger partial charge in [-0.2, -0.15) is 0 Å². The van der Waals surface area contributed by atoms with Crippen molar-refractivity contribution in [2.24, 2.45) is 17.6 Å². The Balaban J connectivity index is 0.000000646. The largest absolute Gasteiger partial charge is 0.466 e. The second-order valence-corrected chi connectivity index (χ2v) is 14.9. The molecule has 0 aromatic heterocycles. The summed E-state index contributed by atoms with van der Waals surface area (Å²) < 4.78 is 43.0. The zero-order chi connectivity index (χ0) is 31.3. The molecule has 0 heterocycles. The molecule has 3 N–H and O–H groups in total. The van der Waals surface area contributed by atoms with E-state index in [0.717, 1.165) is 11.1 Å². The molecular weight excluding hydrogens is 590 g/mol. The molecule has 0 saturated carbocycles. The predicted molar refractivity (Wildman–Crippen MR) is 164 cm³/mol. The second kappa shape index (κ2) is 21.6. The van der Waals surface area contributed by atoms with Crippen molar-refractivity contribution < 1.29 is 37.2 Å². The molecule has 0 aliphatic carbocycles. The van der Waals surface area contributed by atoms with Gasteiger partial charge < -0.3 is 24.3 Å². The first-order valence-corrected chi connectivity index (χ1v) is 18.3. The lowest BCUT2D eigenvalue weighted by Crippen LogP contribution is -2.26. The van der Waals surface area contributed by atoms with Crippen LogP contribution in [0, 0.1) is 11.8 Å². The number of hydrogen-bond donors (Lipinski definition) is 2. The van der Waals surface area contributed by atoms with Crippen LogP contribution < -0.4 is 10.8 Å². The first-order chi connectivity index (χ1) is 19.2. The van der Waals surface area contributed by atoms with E-state index >= 15 is 0 Å². The van der Waals surface area contributed by atoms with Crippen molar-refractivity contribution in [2.45, 2.75) is 40.9 Å². The maximum Gasteiger partial charge on any atom is 0.309 e. The van der Waals surface area contributed by atoms with Crippen molar-refractivity contribution >= 4 is 37.4 Å². The predicted octanol–water partition coefficient (Wildman–Crippen LogP) is 6.22. The summed E-state index contributed by atoms with van der Waals surface area (Å²) in [5.41, 5.74) is 7.13. The number of nitrogens with two attached hydrogens (primary N) is 1. The van der Waals surface area contributed by atoms with Crippen LogP contribution in [0.5, 0.6) is 0 Å². The highest BCUT2D eigenvalue weighted by Crippen LogP contribution is 2.48. The summed E-state index contributed by atoms with van der Waals surface area (Å²) in [6.45, 7) is 9.02. The molecule has 4 atom stereocenters. The van der Waals surface area contributed by atoms with Crippen LogP contribution in [0.2, 0.25) is 0 Å². The Morgan fingerprint density at radius 1 is 0.805 bits per heavy atom. The second-order valence-electron chi connectivity index (χ2n) is 9.01. The third-order valence-electron chi connectivity index (χ3n) is 5.04. The summed E-state index contributed by atoms with van der Waals surface area (Å²) in [6.07, 6.45) is 0. The zero-order valence-electron chi connectivity index (χ0n) is 24.8. The first-order valence-electron chi connectivity index (χ1n) is 13.2. The monoisotopic (exact) mass is 634 g/mol. The van der Waals surface area contributed by atoms with Crippen molar-refractivity contribution in [3.63, 3.8) is 0 Å². The molecule has 0 spiro atoms. The first kappa shape index (κ1) is 39.0. The van der Waals surface area contributed by atoms with E-state index in [9.17, 15) is 18.7 Å². The van der Waals surface area contributed by atoms with Crippen molar-refractivity contribution in [1.82, 2.24) is 5.09 Å². The summed E-state index contributed by atoms with van der Waals surface area (Å²) >= 11 is 5.42. The molecule has 2 aromatic carbocycles. The van der Waals surface area contributed by atoms with E-state index in [1.54, 1.807) is 27.7 Å². The molecule has 41 heavy (non-hydrogen) atoms. The number of carbonyl (C=O) groups is 2. The lowest BCUT2D eigenvalue weighted by molar-refractivity contribution is -0.147. The summed E-state index contributed by atoms with van der Waals surface area (Å²) in [6, 6.07) is 19.0. The smallest absolute Gasteiger partial charge is 0.309 e. The van der Waals surface area contributed by atoms with E-state index < -0.39 is 14.2 Å². The van der Waals surface area contributed by atoms with Gasteiger partial charge in [-0.25, -0.2) is 5.09 Å². The summed E-state index contributed by atoms with van der Waals surface area (Å²) in [7, 11) is -2.93. The van der Waals surface area contributed by atoms with Crippen LogP contribution in [0.15, 0.2) is 60.7 Å². The van der Waals surface area contributed by atoms with Gasteiger partial charge in [0.05, 0.1) is 38.3 Å². The Kier molecular flexibility index (Phi) is 20.6. The lowest BCUT2D eigenvalue weighted by Gasteiger charge is -2.17. The molecule has 0 aliphatic rings. The topological polar surface area (TPSA) is 143 Å². The molecule has 232 valence electrons. The highest BCUT2D eigenvalue weighted by Gasteiger charge is 2.20. The summed E-state index contributed by atoms with van der Waals surface area (Å²) in [5, 5.41) is 2.80. The van der Waals surface area contributed by atoms with Gasteiger partial charge in [0.25, 0.3) is 14.2 Å². The molecule has 0 bridgehead atoms. The average molecular weight is 635 g/mol. The minimum atomic E-state index is -2.93. The minimum absolute atomic E-state index is 0.162. The third kappa shape index (κ3) is 21.3. The number of rotatable bonds is 14. The maximum absolute atomic E-state index is 12.2. The fourth-order valence-electron chi connectivity index (χ4n) is 2.63. The Hall–Kier alpha value is -2.03. The quantitative estimate of drug-likeness (QED) is 0.181. The standard InChI is InChI=1S/C14H22NO4P.C8H10ClO2P.C6H13NO2/c1-4-18-14(16)12(2)10-15-20(3,17)19-11-13-8-6-5-7-9-13;1-12(9,10)11-7-8-5-3-2-4-6-8;1-3-9-6(8)5(2)4-7/h5-9,12H,4,10-11H2,1-3H3,(H,15,17);2-6H,7H2,1H3;5H,3-4,7H2,1-2H3. The van der Waals surface area contributed by atoms with Gasteiger partial charge in [0.1, 0.15) is 0 Å². The number of benzene rings is 2. The van der Waals surface area contributed by atoms with Gasteiger partial charge in [0.15, 0.2) is 0 Å². The van der Waals surface area contributed by atoms with Crippen LogP contribution in [0.25, 0.3) is 0 Å². The molecule has 13 heteroatoms. The van der Waals surface area contributed by atoms with Gasteiger partial charge in [-0.3, -0.25) is 18.7 Å². The number of halogens is 1. The van der Waals surface area contributed by atoms with Gasteiger partial charge in [0.2, 0.25) is 0 Å². The SMILES string of the molecule is CCOC(=O)C(C)CN.CCOC(=O)C(C)CNP(C)(=O)OCc1ccccc1.CP(=O)(Cl)OCc1ccccc1. The number of hydrogen-bond acceptors (Lipinski definition) is 9. The lowest BCUT2D eigenvalue weighted by atomic mass is 10.2. The number of esters is 2. The van der Waals surface area contributed by atoms with E-state index in [0.29, 0.717) is 26.4 Å². The van der Waals surface area contributed by atoms with E-state index in [-0.39, 0.29) is 36.9 Å². The van der Waals surface area contributed by atoms with Crippen molar-refractivity contribution in [3.05, 3.63) is 71.8 Å². The summed E-state index contributed by atoms with van der Waals surface area (Å²) in [4.78, 5) is 22.1. The van der Waals surface area contributed by atoms with Crippen LogP contribution in [-0.4, -0.2) is 51.6 Å². The van der Waals surface area contributed by atoms with Crippen LogP contribution in [-0.2, 0) is 50.5 Å². The number of nitrogens with one attached hydrogen (secondary N) is 1. The normalized spacial score (nSPS) is 14.8. The minimum Gasteiger partial charge on any atom is -0.466 e. The van der Waals surface area contributed by atoms with Crippen LogP contribution in [0.3, 0.4) is 0 Å². The third-order valence-corrected chi connectivity index (χ3v) is 7.30. The van der Waals surface area contributed by atoms with Gasteiger partial charge in [-0.1, -0.05) is 74.5 Å². The Morgan fingerprint density at radius 2 is 1.22 bits per heavy atom. The Bertz CT molecular complexity index is 1090. The van der Waals surface area contributed by atoms with Crippen molar-refractivity contribution in [2.75, 3.05) is 39.6 Å². The molecule has 0 amide bonds. The van der Waals surface area contributed by atoms with Crippen LogP contribution in [0.4, 0.5) is 0 Å². The average Bonchev–Trinajstić information content (AvgIpc) is 2.95. The van der Waals surface area contributed by atoms with Gasteiger partial charge in [-0.05, 0) is 36.2 Å². The van der Waals surface area contributed by atoms with Gasteiger partial charge >= 0.3 is 11.9 Å². The molecule has 0 fully saturated rings. The molecule has 2 rings (SSSR count). The van der Waals surface area contributed by atoms with Crippen LogP contribution >= 0.6 is 25.5 Å². The van der Waals surface area contributed by atoms with E-state index in [2.05, 4.69) is 9.82 Å². The molecule has 4 unspecified atom stereocenters. The molecule has 0 radical (unpaired) electrons. The fraction of sp³-hybridized carbons (Fsp3) is 0.500. The van der Waals surface area contributed by atoms with Gasteiger partial charge in [-0.15, -0.1) is 0 Å². The van der Waals surface area contributed by atoms with Crippen molar-refractivity contribution in [1.29, 1.82) is 0 Å². The Labute approximate surface area is 249 Å². The molecular formula is C28H45ClN2O8P2. The summed E-state index contributed by atoms with van der Waals surface area (Å²) in [5.74, 6) is -1.03.